The quantitative estimate of drug-likeness (QED) is 0.273. The van der Waals surface area contributed by atoms with Gasteiger partial charge < -0.3 is 18.9 Å². The number of hydrogen-bond donors (Lipinski definition) is 0. The van der Waals surface area contributed by atoms with Crippen LogP contribution in [-0.4, -0.2) is 36.8 Å². The van der Waals surface area contributed by atoms with E-state index in [4.69, 9.17) is 23.9 Å². The second-order valence-corrected chi connectivity index (χ2v) is 7.95. The average molecular weight is 487 g/mol. The van der Waals surface area contributed by atoms with Crippen molar-refractivity contribution in [2.24, 2.45) is 0 Å². The van der Waals surface area contributed by atoms with E-state index in [2.05, 4.69) is 0 Å². The van der Waals surface area contributed by atoms with Gasteiger partial charge in [0.2, 0.25) is 0 Å². The third kappa shape index (κ3) is 4.65. The van der Waals surface area contributed by atoms with Gasteiger partial charge in [-0.05, 0) is 49.4 Å². The molecule has 0 bridgehead atoms. The second kappa shape index (κ2) is 10.4. The minimum atomic E-state index is -0.482. The summed E-state index contributed by atoms with van der Waals surface area (Å²) in [7, 11) is 4.55. The number of methoxy groups -OCH3 is 3. The molecule has 3 aromatic carbocycles. The van der Waals surface area contributed by atoms with Crippen LogP contribution in [0, 0.1) is 6.92 Å². The van der Waals surface area contributed by atoms with Crippen molar-refractivity contribution in [3.8, 4) is 28.7 Å². The predicted molar refractivity (Wildman–Crippen MR) is 138 cm³/mol. The van der Waals surface area contributed by atoms with Crippen molar-refractivity contribution in [3.05, 3.63) is 81.9 Å². The zero-order valence-corrected chi connectivity index (χ0v) is 20.7. The maximum Gasteiger partial charge on any atom is 0.308 e. The van der Waals surface area contributed by atoms with Gasteiger partial charge in [0, 0.05) is 12.5 Å². The van der Waals surface area contributed by atoms with Gasteiger partial charge >= 0.3 is 5.97 Å². The van der Waals surface area contributed by atoms with Crippen molar-refractivity contribution in [1.82, 2.24) is 9.55 Å². The maximum absolute atomic E-state index is 13.9. The lowest BCUT2D eigenvalue weighted by atomic mass is 10.1. The topological polar surface area (TPSA) is 88.9 Å². The van der Waals surface area contributed by atoms with Crippen LogP contribution >= 0.6 is 0 Å². The lowest BCUT2D eigenvalue weighted by Crippen LogP contribution is -2.23. The van der Waals surface area contributed by atoms with Crippen LogP contribution in [0.15, 0.2) is 59.4 Å². The van der Waals surface area contributed by atoms with E-state index in [0.717, 1.165) is 5.56 Å². The van der Waals surface area contributed by atoms with Crippen molar-refractivity contribution in [3.63, 3.8) is 0 Å². The van der Waals surface area contributed by atoms with Gasteiger partial charge in [-0.2, -0.15) is 0 Å². The van der Waals surface area contributed by atoms with E-state index in [1.165, 1.54) is 32.8 Å². The van der Waals surface area contributed by atoms with E-state index < -0.39 is 5.97 Å². The Morgan fingerprint density at radius 3 is 2.17 bits per heavy atom. The van der Waals surface area contributed by atoms with Crippen LogP contribution in [0.25, 0.3) is 28.7 Å². The van der Waals surface area contributed by atoms with E-state index >= 15 is 0 Å². The fourth-order valence-electron chi connectivity index (χ4n) is 3.94. The molecule has 0 spiro atoms. The number of carbonyl (C=O) groups excluding carboxylic acids is 1. The molecule has 0 amide bonds. The fraction of sp³-hybridized carbons (Fsp3) is 0.179. The molecule has 8 nitrogen and oxygen atoms in total. The first-order valence-electron chi connectivity index (χ1n) is 11.2. The molecule has 0 saturated heterocycles. The first-order chi connectivity index (χ1) is 17.4. The third-order valence-electron chi connectivity index (χ3n) is 5.56. The molecule has 0 radical (unpaired) electrons. The Bertz CT molecular complexity index is 1520. The molecule has 0 aliphatic carbocycles. The van der Waals surface area contributed by atoms with Crippen molar-refractivity contribution in [2.75, 3.05) is 21.3 Å². The number of carbonyl (C=O) groups is 1. The summed E-state index contributed by atoms with van der Waals surface area (Å²) < 4.78 is 23.4. The van der Waals surface area contributed by atoms with Gasteiger partial charge in [-0.1, -0.05) is 29.8 Å². The Balaban J connectivity index is 2.02. The first-order valence-corrected chi connectivity index (χ1v) is 11.2. The van der Waals surface area contributed by atoms with Gasteiger partial charge in [-0.25, -0.2) is 4.98 Å². The summed E-state index contributed by atoms with van der Waals surface area (Å²) >= 11 is 0. The molecule has 0 aliphatic heterocycles. The normalized spacial score (nSPS) is 11.0. The average Bonchev–Trinajstić information content (AvgIpc) is 2.87. The zero-order chi connectivity index (χ0) is 25.8. The Morgan fingerprint density at radius 2 is 1.53 bits per heavy atom. The summed E-state index contributed by atoms with van der Waals surface area (Å²) in [6.45, 7) is 3.23. The molecule has 0 aliphatic rings. The summed E-state index contributed by atoms with van der Waals surface area (Å²) in [5.74, 6) is 1.41. The molecular formula is C28H26N2O6. The first kappa shape index (κ1) is 24.5. The number of aryl methyl sites for hydroxylation is 1. The van der Waals surface area contributed by atoms with Gasteiger partial charge in [0.05, 0.1) is 32.2 Å². The molecule has 0 saturated carbocycles. The molecule has 0 atom stereocenters. The highest BCUT2D eigenvalue weighted by Crippen LogP contribution is 2.35. The fourth-order valence-corrected chi connectivity index (χ4v) is 3.94. The molecule has 0 N–H and O–H groups in total. The van der Waals surface area contributed by atoms with Gasteiger partial charge in [-0.15, -0.1) is 0 Å². The minimum absolute atomic E-state index is 0.268. The van der Waals surface area contributed by atoms with Crippen LogP contribution in [0.5, 0.6) is 23.0 Å². The van der Waals surface area contributed by atoms with E-state index in [0.29, 0.717) is 45.2 Å². The summed E-state index contributed by atoms with van der Waals surface area (Å²) in [6, 6.07) is 16.0. The number of fused-ring (bicyclic) bond motifs is 1. The molecule has 0 unspecified atom stereocenters. The standard InChI is InChI=1S/C28H26N2O6/c1-17-12-14-21-20(16-17)28(32)30(26-22(33-3)9-7-10-23(26)34-4)25(29-21)15-13-19-8-6-11-24(35-5)27(19)36-18(2)31/h6-16H,1-5H3/b15-13+. The smallest absolute Gasteiger partial charge is 0.308 e. The molecule has 8 heteroatoms. The van der Waals surface area contributed by atoms with Crippen molar-refractivity contribution < 1.29 is 23.7 Å². The lowest BCUT2D eigenvalue weighted by molar-refractivity contribution is -0.132. The second-order valence-electron chi connectivity index (χ2n) is 7.95. The molecule has 0 fully saturated rings. The van der Waals surface area contributed by atoms with E-state index in [1.807, 2.05) is 19.1 Å². The number of ether oxygens (including phenoxy) is 4. The van der Waals surface area contributed by atoms with Crippen LogP contribution in [0.2, 0.25) is 0 Å². The number of para-hydroxylation sites is 2. The molecule has 1 heterocycles. The maximum atomic E-state index is 13.9. The highest BCUT2D eigenvalue weighted by atomic mass is 16.6. The SMILES string of the molecule is COc1cccc(/C=C/c2nc3ccc(C)cc3c(=O)n2-c2c(OC)cccc2OC)c1OC(C)=O. The molecule has 36 heavy (non-hydrogen) atoms. The van der Waals surface area contributed by atoms with Crippen molar-refractivity contribution in [2.45, 2.75) is 13.8 Å². The lowest BCUT2D eigenvalue weighted by Gasteiger charge is -2.17. The Morgan fingerprint density at radius 1 is 0.889 bits per heavy atom. The summed E-state index contributed by atoms with van der Waals surface area (Å²) in [5, 5.41) is 0.460. The van der Waals surface area contributed by atoms with E-state index in [1.54, 1.807) is 54.6 Å². The number of aromatic nitrogens is 2. The van der Waals surface area contributed by atoms with Crippen molar-refractivity contribution in [1.29, 1.82) is 0 Å². The Kier molecular flexibility index (Phi) is 7.05. The highest BCUT2D eigenvalue weighted by Gasteiger charge is 2.19. The monoisotopic (exact) mass is 486 g/mol. The number of benzene rings is 3. The van der Waals surface area contributed by atoms with Crippen LogP contribution in [0.3, 0.4) is 0 Å². The summed E-state index contributed by atoms with van der Waals surface area (Å²) in [5.41, 5.74) is 2.19. The minimum Gasteiger partial charge on any atom is -0.494 e. The molecular weight excluding hydrogens is 460 g/mol. The molecule has 4 aromatic rings. The van der Waals surface area contributed by atoms with Crippen molar-refractivity contribution >= 4 is 29.0 Å². The largest absolute Gasteiger partial charge is 0.494 e. The van der Waals surface area contributed by atoms with Crippen LogP contribution in [0.4, 0.5) is 0 Å². The predicted octanol–water partition coefficient (Wildman–Crippen LogP) is 4.82. The summed E-state index contributed by atoms with van der Waals surface area (Å²) in [4.78, 5) is 30.3. The highest BCUT2D eigenvalue weighted by molar-refractivity contribution is 5.82. The van der Waals surface area contributed by atoms with Gasteiger partial charge in [-0.3, -0.25) is 14.2 Å². The van der Waals surface area contributed by atoms with Crippen LogP contribution < -0.4 is 24.5 Å². The van der Waals surface area contributed by atoms with E-state index in [9.17, 15) is 9.59 Å². The summed E-state index contributed by atoms with van der Waals surface area (Å²) in [6.07, 6.45) is 3.38. The Hall–Kier alpha value is -4.59. The molecule has 184 valence electrons. The number of esters is 1. The number of hydrogen-bond acceptors (Lipinski definition) is 7. The van der Waals surface area contributed by atoms with Gasteiger partial charge in [0.1, 0.15) is 23.0 Å². The van der Waals surface area contributed by atoms with Gasteiger partial charge in [0.25, 0.3) is 5.56 Å². The molecule has 4 rings (SSSR count). The number of rotatable bonds is 7. The number of nitrogens with zero attached hydrogens (tertiary/aromatic N) is 2. The van der Waals surface area contributed by atoms with Crippen LogP contribution in [-0.2, 0) is 4.79 Å². The van der Waals surface area contributed by atoms with Crippen LogP contribution in [0.1, 0.15) is 23.9 Å². The zero-order valence-electron chi connectivity index (χ0n) is 20.7. The molecule has 1 aromatic heterocycles. The van der Waals surface area contributed by atoms with E-state index in [-0.39, 0.29) is 11.3 Å². The van der Waals surface area contributed by atoms with Gasteiger partial charge in [0.15, 0.2) is 11.5 Å². The third-order valence-corrected chi connectivity index (χ3v) is 5.56. The Labute approximate surface area is 208 Å².